The van der Waals surface area contributed by atoms with E-state index in [1.54, 1.807) is 6.08 Å². The molecule has 474 valence electrons. The van der Waals surface area contributed by atoms with Crippen molar-refractivity contribution in [3.63, 3.8) is 0 Å². The maximum absolute atomic E-state index is 13.1. The van der Waals surface area contributed by atoms with E-state index in [0.717, 1.165) is 38.5 Å². The summed E-state index contributed by atoms with van der Waals surface area (Å²) in [5.41, 5.74) is 0. The Bertz CT molecular complexity index is 1310. The van der Waals surface area contributed by atoms with Gasteiger partial charge in [-0.1, -0.05) is 353 Å². The summed E-state index contributed by atoms with van der Waals surface area (Å²) in [5, 5.41) is 54.6. The zero-order chi connectivity index (χ0) is 57.9. The van der Waals surface area contributed by atoms with Crippen molar-refractivity contribution in [1.29, 1.82) is 0 Å². The van der Waals surface area contributed by atoms with Crippen LogP contribution in [0.15, 0.2) is 24.3 Å². The van der Waals surface area contributed by atoms with Crippen LogP contribution in [0, 0.1) is 0 Å². The van der Waals surface area contributed by atoms with Crippen LogP contribution in [0.25, 0.3) is 0 Å². The lowest BCUT2D eigenvalue weighted by molar-refractivity contribution is -0.302. The van der Waals surface area contributed by atoms with Crippen LogP contribution in [0.5, 0.6) is 0 Å². The summed E-state index contributed by atoms with van der Waals surface area (Å²) in [6, 6.07) is -0.819. The van der Waals surface area contributed by atoms with Crippen LogP contribution in [0.1, 0.15) is 367 Å². The second-order valence-corrected chi connectivity index (χ2v) is 25.0. The average Bonchev–Trinajstić information content (AvgIpc) is 3.46. The van der Waals surface area contributed by atoms with Crippen molar-refractivity contribution < 1.29 is 39.8 Å². The molecule has 1 fully saturated rings. The first-order chi connectivity index (χ1) is 39.3. The van der Waals surface area contributed by atoms with E-state index in [1.165, 1.54) is 308 Å². The lowest BCUT2D eigenvalue weighted by atomic mass is 9.99. The normalized spacial score (nSPS) is 18.5. The van der Waals surface area contributed by atoms with Crippen LogP contribution in [0.2, 0.25) is 0 Å². The second kappa shape index (κ2) is 60.8. The van der Waals surface area contributed by atoms with E-state index < -0.39 is 49.5 Å². The molecule has 1 rings (SSSR count). The topological polar surface area (TPSA) is 149 Å². The van der Waals surface area contributed by atoms with E-state index in [4.69, 9.17) is 9.47 Å². The molecule has 1 amide bonds. The van der Waals surface area contributed by atoms with Gasteiger partial charge in [-0.2, -0.15) is 0 Å². The summed E-state index contributed by atoms with van der Waals surface area (Å²) in [6.45, 7) is 3.81. The van der Waals surface area contributed by atoms with Crippen LogP contribution < -0.4 is 5.32 Å². The highest BCUT2D eigenvalue weighted by Crippen LogP contribution is 2.24. The Balaban J connectivity index is 2.04. The fourth-order valence-electron chi connectivity index (χ4n) is 11.7. The summed E-state index contributed by atoms with van der Waals surface area (Å²) < 4.78 is 11.3. The zero-order valence-electron chi connectivity index (χ0n) is 53.1. The monoisotopic (exact) mass is 1130 g/mol. The number of allylic oxidation sites excluding steroid dienone is 3. The summed E-state index contributed by atoms with van der Waals surface area (Å²) >= 11 is 0. The van der Waals surface area contributed by atoms with Crippen LogP contribution in [0.3, 0.4) is 0 Å². The van der Waals surface area contributed by atoms with Crippen molar-refractivity contribution in [2.75, 3.05) is 13.2 Å². The third-order valence-electron chi connectivity index (χ3n) is 17.3. The maximum atomic E-state index is 13.1. The third kappa shape index (κ3) is 49.0. The largest absolute Gasteiger partial charge is 0.394 e. The first-order valence-corrected chi connectivity index (χ1v) is 35.6. The van der Waals surface area contributed by atoms with Gasteiger partial charge in [-0.15, -0.1) is 0 Å². The van der Waals surface area contributed by atoms with Gasteiger partial charge in [-0.3, -0.25) is 4.79 Å². The minimum Gasteiger partial charge on any atom is -0.394 e. The molecule has 7 atom stereocenters. The van der Waals surface area contributed by atoms with Gasteiger partial charge < -0.3 is 40.3 Å². The van der Waals surface area contributed by atoms with E-state index in [0.29, 0.717) is 6.42 Å². The molecule has 0 radical (unpaired) electrons. The Morgan fingerprint density at radius 3 is 1.05 bits per heavy atom. The van der Waals surface area contributed by atoms with Gasteiger partial charge >= 0.3 is 0 Å². The summed E-state index contributed by atoms with van der Waals surface area (Å²) in [7, 11) is 0. The van der Waals surface area contributed by atoms with Crippen molar-refractivity contribution >= 4 is 5.91 Å². The van der Waals surface area contributed by atoms with Gasteiger partial charge in [0.15, 0.2) is 6.29 Å². The molecule has 0 aliphatic carbocycles. The minimum atomic E-state index is -1.57. The number of rotatable bonds is 63. The molecule has 1 saturated heterocycles. The number of unbranched alkanes of at least 4 members (excludes halogenated alkanes) is 51. The summed E-state index contributed by atoms with van der Waals surface area (Å²) in [4.78, 5) is 13.1. The quantitative estimate of drug-likeness (QED) is 0.0261. The molecule has 9 nitrogen and oxygen atoms in total. The molecule has 0 saturated carbocycles. The van der Waals surface area contributed by atoms with Crippen molar-refractivity contribution in [2.45, 2.75) is 410 Å². The van der Waals surface area contributed by atoms with E-state index in [1.807, 2.05) is 6.08 Å². The molecular weight excluding hydrogens is 995 g/mol. The molecule has 1 heterocycles. The highest BCUT2D eigenvalue weighted by Gasteiger charge is 2.44. The van der Waals surface area contributed by atoms with E-state index in [-0.39, 0.29) is 12.5 Å². The predicted molar refractivity (Wildman–Crippen MR) is 341 cm³/mol. The fourth-order valence-corrected chi connectivity index (χ4v) is 11.7. The van der Waals surface area contributed by atoms with Crippen LogP contribution >= 0.6 is 0 Å². The first kappa shape index (κ1) is 76.7. The number of ether oxygens (including phenoxy) is 2. The zero-order valence-corrected chi connectivity index (χ0v) is 53.1. The maximum Gasteiger partial charge on any atom is 0.220 e. The number of nitrogens with one attached hydrogen (secondary N) is 1. The Hall–Kier alpha value is -1.33. The Kier molecular flexibility index (Phi) is 58.3. The number of hydrogen-bond donors (Lipinski definition) is 6. The lowest BCUT2D eigenvalue weighted by Crippen LogP contribution is -2.60. The number of carbonyl (C=O) groups excluding carboxylic acids is 1. The van der Waals surface area contributed by atoms with Crippen molar-refractivity contribution in [3.8, 4) is 0 Å². The number of amides is 1. The van der Waals surface area contributed by atoms with Crippen molar-refractivity contribution in [2.24, 2.45) is 0 Å². The van der Waals surface area contributed by atoms with Crippen molar-refractivity contribution in [1.82, 2.24) is 5.32 Å². The Morgan fingerprint density at radius 2 is 0.713 bits per heavy atom. The molecule has 1 aliphatic heterocycles. The average molecular weight is 1130 g/mol. The second-order valence-electron chi connectivity index (χ2n) is 25.0. The molecule has 80 heavy (non-hydrogen) atoms. The molecule has 9 heteroatoms. The summed E-state index contributed by atoms with van der Waals surface area (Å²) in [6.07, 6.45) is 73.2. The van der Waals surface area contributed by atoms with Crippen molar-refractivity contribution in [3.05, 3.63) is 24.3 Å². The molecule has 6 N–H and O–H groups in total. The van der Waals surface area contributed by atoms with Gasteiger partial charge in [0, 0.05) is 6.42 Å². The molecule has 0 aromatic rings. The molecular formula is C71H137NO8. The van der Waals surface area contributed by atoms with E-state index in [2.05, 4.69) is 31.3 Å². The minimum absolute atomic E-state index is 0.179. The summed E-state index contributed by atoms with van der Waals surface area (Å²) in [5.74, 6) is -0.179. The molecule has 7 unspecified atom stereocenters. The van der Waals surface area contributed by atoms with Gasteiger partial charge in [-0.05, 0) is 32.1 Å². The highest BCUT2D eigenvalue weighted by atomic mass is 16.7. The standard InChI is InChI=1S/C71H137NO8/c1-3-5-7-9-11-13-15-17-19-21-23-24-25-26-27-28-29-30-31-32-33-34-35-36-37-38-39-40-41-42-43-45-47-49-51-53-55-57-59-61-67(75)72-64(63-79-71-70(78)69(77)68(76)66(62-73)80-71)65(74)60-58-56-54-52-50-48-46-44-22-20-18-16-14-12-10-8-6-4-2/h50,52,58,60,64-66,68-71,73-74,76-78H,3-49,51,53-57,59,61-63H2,1-2H3,(H,72,75)/b52-50+,60-58+. The van der Waals surface area contributed by atoms with Gasteiger partial charge in [-0.25, -0.2) is 0 Å². The first-order valence-electron chi connectivity index (χ1n) is 35.6. The smallest absolute Gasteiger partial charge is 0.220 e. The van der Waals surface area contributed by atoms with E-state index in [9.17, 15) is 30.3 Å². The number of aliphatic hydroxyl groups is 5. The van der Waals surface area contributed by atoms with Gasteiger partial charge in [0.2, 0.25) is 5.91 Å². The van der Waals surface area contributed by atoms with Gasteiger partial charge in [0.25, 0.3) is 0 Å². The number of hydrogen-bond acceptors (Lipinski definition) is 8. The SMILES string of the molecule is CCCCCCCCCCCCCC/C=C/CC/C=C/C(O)C(COC1OC(CO)C(O)C(O)C1O)NC(=O)CCCCCCCCCCCCCCCCCCCCCCCCCCCCCCCCCCCCCCCCC. The molecule has 1 aliphatic rings. The molecule has 0 bridgehead atoms. The van der Waals surface area contributed by atoms with E-state index >= 15 is 0 Å². The Morgan fingerprint density at radius 1 is 0.412 bits per heavy atom. The van der Waals surface area contributed by atoms with Crippen LogP contribution in [0.4, 0.5) is 0 Å². The highest BCUT2D eigenvalue weighted by molar-refractivity contribution is 5.76. The molecule has 0 spiro atoms. The van der Waals surface area contributed by atoms with Crippen LogP contribution in [-0.2, 0) is 14.3 Å². The predicted octanol–water partition coefficient (Wildman–Crippen LogP) is 19.3. The number of carbonyl (C=O) groups is 1. The molecule has 0 aromatic heterocycles. The van der Waals surface area contributed by atoms with Crippen LogP contribution in [-0.4, -0.2) is 87.5 Å². The third-order valence-corrected chi connectivity index (χ3v) is 17.3. The number of aliphatic hydroxyl groups excluding tert-OH is 5. The molecule has 0 aromatic carbocycles. The van der Waals surface area contributed by atoms with Gasteiger partial charge in [0.1, 0.15) is 24.4 Å². The van der Waals surface area contributed by atoms with Gasteiger partial charge in [0.05, 0.1) is 25.4 Å². The lowest BCUT2D eigenvalue weighted by Gasteiger charge is -2.40. The fraction of sp³-hybridized carbons (Fsp3) is 0.930. The Labute approximate surface area is 496 Å².